The lowest BCUT2D eigenvalue weighted by molar-refractivity contribution is -0.115. The van der Waals surface area contributed by atoms with Gasteiger partial charge in [0.15, 0.2) is 12.1 Å². The number of hydrogen-bond donors (Lipinski definition) is 1. The Morgan fingerprint density at radius 1 is 1.50 bits per heavy atom. The predicted octanol–water partition coefficient (Wildman–Crippen LogP) is 1.06. The van der Waals surface area contributed by atoms with E-state index in [-0.39, 0.29) is 17.4 Å². The second kappa shape index (κ2) is 6.77. The molecule has 1 N–H and O–H groups in total. The number of ketones is 1. The van der Waals surface area contributed by atoms with Crippen molar-refractivity contribution in [3.8, 4) is 0 Å². The van der Waals surface area contributed by atoms with Gasteiger partial charge >= 0.3 is 0 Å². The molecule has 4 heteroatoms. The molecule has 0 aromatic heterocycles. The summed E-state index contributed by atoms with van der Waals surface area (Å²) in [4.78, 5) is 25.2. The predicted molar refractivity (Wildman–Crippen MR) is 55.8 cm³/mol. The number of Topliss-reactive ketones (excluding diaryl/α,β-unsaturated/α-hetero) is 1. The van der Waals surface area contributed by atoms with Crippen molar-refractivity contribution in [3.05, 3.63) is 24.7 Å². The summed E-state index contributed by atoms with van der Waals surface area (Å²) in [5, 5.41) is 2.60. The Kier molecular flexibility index (Phi) is 5.94. The van der Waals surface area contributed by atoms with E-state index < -0.39 is 0 Å². The van der Waals surface area contributed by atoms with Crippen LogP contribution < -0.4 is 5.32 Å². The average Bonchev–Trinajstić information content (AvgIpc) is 2.17. The van der Waals surface area contributed by atoms with E-state index in [4.69, 9.17) is 0 Å². The van der Waals surface area contributed by atoms with Crippen molar-refractivity contribution < 1.29 is 9.59 Å². The van der Waals surface area contributed by atoms with Crippen LogP contribution in [-0.2, 0) is 9.59 Å². The molecule has 76 valence electrons. The maximum Gasteiger partial charge on any atom is 0.176 e. The molecule has 0 aliphatic carbocycles. The van der Waals surface area contributed by atoms with Gasteiger partial charge < -0.3 is 5.32 Å². The van der Waals surface area contributed by atoms with Gasteiger partial charge in [0, 0.05) is 12.1 Å². The first-order valence-corrected chi connectivity index (χ1v) is 4.22. The molecule has 0 amide bonds. The van der Waals surface area contributed by atoms with Crippen LogP contribution in [-0.4, -0.2) is 18.3 Å². The van der Waals surface area contributed by atoms with Gasteiger partial charge in [-0.25, -0.2) is 4.99 Å². The van der Waals surface area contributed by atoms with Crippen molar-refractivity contribution in [2.24, 2.45) is 10.9 Å². The highest BCUT2D eigenvalue weighted by Gasteiger charge is 2.02. The SMILES string of the molecule is C=CN/C=C(C=O)\N=C\C(=O)C(C)C. The van der Waals surface area contributed by atoms with Crippen LogP contribution in [0.4, 0.5) is 0 Å². The Hall–Kier alpha value is -1.71. The van der Waals surface area contributed by atoms with E-state index in [1.165, 1.54) is 12.4 Å². The largest absolute Gasteiger partial charge is 0.366 e. The van der Waals surface area contributed by atoms with Crippen molar-refractivity contribution in [3.63, 3.8) is 0 Å². The molecule has 0 rings (SSSR count). The van der Waals surface area contributed by atoms with Crippen molar-refractivity contribution in [2.45, 2.75) is 13.8 Å². The summed E-state index contributed by atoms with van der Waals surface area (Å²) in [5.74, 6) is -0.227. The van der Waals surface area contributed by atoms with Gasteiger partial charge in [0.05, 0.1) is 6.21 Å². The summed E-state index contributed by atoms with van der Waals surface area (Å²) >= 11 is 0. The number of nitrogens with zero attached hydrogens (tertiary/aromatic N) is 1. The van der Waals surface area contributed by atoms with Gasteiger partial charge in [0.2, 0.25) is 0 Å². The van der Waals surface area contributed by atoms with Crippen LogP contribution in [0.2, 0.25) is 0 Å². The maximum atomic E-state index is 11.1. The molecule has 0 unspecified atom stereocenters. The lowest BCUT2D eigenvalue weighted by Crippen LogP contribution is -2.08. The van der Waals surface area contributed by atoms with Gasteiger partial charge in [-0.15, -0.1) is 0 Å². The molecule has 0 aromatic rings. The molecule has 0 heterocycles. The van der Waals surface area contributed by atoms with Gasteiger partial charge in [0.25, 0.3) is 0 Å². The van der Waals surface area contributed by atoms with E-state index in [0.29, 0.717) is 6.29 Å². The maximum absolute atomic E-state index is 11.1. The Bertz CT molecular complexity index is 278. The van der Waals surface area contributed by atoms with E-state index in [0.717, 1.165) is 6.21 Å². The molecule has 0 saturated heterocycles. The van der Waals surface area contributed by atoms with Gasteiger partial charge in [-0.3, -0.25) is 9.59 Å². The fourth-order valence-corrected chi connectivity index (χ4v) is 0.533. The standard InChI is InChI=1S/C10H14N2O2/c1-4-11-5-9(7-13)12-6-10(14)8(2)3/h4-8,11H,1H2,2-3H3/b9-5-,12-6+. The third-order valence-corrected chi connectivity index (χ3v) is 1.38. The molecular weight excluding hydrogens is 180 g/mol. The minimum Gasteiger partial charge on any atom is -0.366 e. The van der Waals surface area contributed by atoms with Gasteiger partial charge in [-0.1, -0.05) is 20.4 Å². The number of aldehydes is 1. The van der Waals surface area contributed by atoms with Gasteiger partial charge in [-0.05, 0) is 6.20 Å². The van der Waals surface area contributed by atoms with Gasteiger partial charge in [0.1, 0.15) is 5.70 Å². The number of allylic oxidation sites excluding steroid dienone is 1. The smallest absolute Gasteiger partial charge is 0.176 e. The quantitative estimate of drug-likeness (QED) is 0.390. The van der Waals surface area contributed by atoms with Crippen molar-refractivity contribution >= 4 is 18.3 Å². The van der Waals surface area contributed by atoms with Crippen LogP contribution >= 0.6 is 0 Å². The van der Waals surface area contributed by atoms with Crippen LogP contribution in [0.3, 0.4) is 0 Å². The lowest BCUT2D eigenvalue weighted by Gasteiger charge is -1.96. The third-order valence-electron chi connectivity index (χ3n) is 1.38. The molecular formula is C10H14N2O2. The molecule has 0 atom stereocenters. The van der Waals surface area contributed by atoms with Gasteiger partial charge in [-0.2, -0.15) is 0 Å². The second-order valence-corrected chi connectivity index (χ2v) is 2.87. The Morgan fingerprint density at radius 2 is 2.14 bits per heavy atom. The molecule has 0 aliphatic heterocycles. The molecule has 0 aromatic carbocycles. The Labute approximate surface area is 83.4 Å². The minimum atomic E-state index is -0.114. The zero-order valence-corrected chi connectivity index (χ0v) is 8.36. The topological polar surface area (TPSA) is 58.5 Å². The highest BCUT2D eigenvalue weighted by molar-refractivity contribution is 6.28. The summed E-state index contributed by atoms with van der Waals surface area (Å²) in [7, 11) is 0. The molecule has 0 aliphatic rings. The minimum absolute atomic E-state index is 0.112. The fourth-order valence-electron chi connectivity index (χ4n) is 0.533. The number of nitrogens with one attached hydrogen (secondary N) is 1. The van der Waals surface area contributed by atoms with Crippen LogP contribution in [0, 0.1) is 5.92 Å². The Morgan fingerprint density at radius 3 is 2.57 bits per heavy atom. The Balaban J connectivity index is 4.38. The zero-order valence-electron chi connectivity index (χ0n) is 8.36. The second-order valence-electron chi connectivity index (χ2n) is 2.87. The van der Waals surface area contributed by atoms with Crippen LogP contribution in [0.25, 0.3) is 0 Å². The van der Waals surface area contributed by atoms with Crippen LogP contribution in [0.1, 0.15) is 13.8 Å². The summed E-state index contributed by atoms with van der Waals surface area (Å²) < 4.78 is 0. The van der Waals surface area contributed by atoms with Crippen molar-refractivity contribution in [1.29, 1.82) is 0 Å². The lowest BCUT2D eigenvalue weighted by atomic mass is 10.1. The molecule has 0 radical (unpaired) electrons. The number of carbonyl (C=O) groups is 2. The van der Waals surface area contributed by atoms with E-state index in [1.54, 1.807) is 13.8 Å². The average molecular weight is 194 g/mol. The number of hydrogen-bond acceptors (Lipinski definition) is 4. The molecule has 0 spiro atoms. The van der Waals surface area contributed by atoms with Crippen LogP contribution in [0.5, 0.6) is 0 Å². The highest BCUT2D eigenvalue weighted by Crippen LogP contribution is 1.94. The summed E-state index contributed by atoms with van der Waals surface area (Å²) in [6, 6.07) is 0. The van der Waals surface area contributed by atoms with E-state index in [9.17, 15) is 9.59 Å². The third kappa shape index (κ3) is 5.03. The fraction of sp³-hybridized carbons (Fsp3) is 0.300. The van der Waals surface area contributed by atoms with E-state index in [2.05, 4.69) is 16.9 Å². The number of rotatable bonds is 6. The molecule has 0 fully saturated rings. The molecule has 0 bridgehead atoms. The monoisotopic (exact) mass is 194 g/mol. The normalized spacial score (nSPS) is 11.8. The molecule has 0 saturated carbocycles. The summed E-state index contributed by atoms with van der Waals surface area (Å²) in [5.41, 5.74) is 0.152. The first-order valence-electron chi connectivity index (χ1n) is 4.22. The van der Waals surface area contributed by atoms with Crippen LogP contribution in [0.15, 0.2) is 29.7 Å². The summed E-state index contributed by atoms with van der Waals surface area (Å²) in [6.45, 7) is 6.93. The summed E-state index contributed by atoms with van der Waals surface area (Å²) in [6.07, 6.45) is 4.48. The first kappa shape index (κ1) is 12.3. The van der Waals surface area contributed by atoms with E-state index >= 15 is 0 Å². The van der Waals surface area contributed by atoms with Crippen molar-refractivity contribution in [2.75, 3.05) is 0 Å². The molecule has 14 heavy (non-hydrogen) atoms. The van der Waals surface area contributed by atoms with E-state index in [1.807, 2.05) is 0 Å². The molecule has 4 nitrogen and oxygen atoms in total. The number of carbonyl (C=O) groups excluding carboxylic acids is 2. The highest BCUT2D eigenvalue weighted by atomic mass is 16.1. The zero-order chi connectivity index (χ0) is 11.0. The van der Waals surface area contributed by atoms with Crippen molar-refractivity contribution in [1.82, 2.24) is 5.32 Å². The first-order chi connectivity index (χ1) is 6.61. The number of aliphatic imine (C=N–C) groups is 1.